The Labute approximate surface area is 119 Å². The zero-order valence-corrected chi connectivity index (χ0v) is 10.7. The van der Waals surface area contributed by atoms with Gasteiger partial charge in [-0.05, 0) is 24.3 Å². The average Bonchev–Trinajstić information content (AvgIpc) is 2.73. The average molecular weight is 281 g/mol. The van der Waals surface area contributed by atoms with Crippen LogP contribution in [0, 0.1) is 6.54 Å². The van der Waals surface area contributed by atoms with Crippen LogP contribution in [0.15, 0.2) is 42.6 Å². The standard InChI is InChI=1S/C15H9N2O4/c18-13-11-3-1-2-4-12(11)14(19)17(13)8-10-7-9(15(20)21)5-6-16-10/h1-8H,(H,20,21). The maximum absolute atomic E-state index is 12.2. The highest BCUT2D eigenvalue weighted by Gasteiger charge is 2.35. The zero-order valence-electron chi connectivity index (χ0n) is 10.7. The van der Waals surface area contributed by atoms with E-state index in [2.05, 4.69) is 4.98 Å². The molecule has 0 atom stereocenters. The van der Waals surface area contributed by atoms with Crippen LogP contribution in [0.5, 0.6) is 0 Å². The van der Waals surface area contributed by atoms with E-state index < -0.39 is 17.8 Å². The van der Waals surface area contributed by atoms with E-state index in [1.54, 1.807) is 24.3 Å². The normalized spacial score (nSPS) is 13.4. The summed E-state index contributed by atoms with van der Waals surface area (Å²) in [6.07, 6.45) is 1.31. The Bertz CT molecular complexity index is 735. The predicted molar refractivity (Wildman–Crippen MR) is 71.5 cm³/mol. The number of aromatic nitrogens is 1. The lowest BCUT2D eigenvalue weighted by atomic mass is 10.1. The molecule has 0 aliphatic carbocycles. The number of benzene rings is 1. The molecule has 3 rings (SSSR count). The predicted octanol–water partition coefficient (Wildman–Crippen LogP) is 1.59. The van der Waals surface area contributed by atoms with Gasteiger partial charge in [0.15, 0.2) is 0 Å². The summed E-state index contributed by atoms with van der Waals surface area (Å²) in [6.45, 7) is 1.25. The Balaban J connectivity index is 1.90. The van der Waals surface area contributed by atoms with Gasteiger partial charge in [0.05, 0.1) is 22.4 Å². The Kier molecular flexibility index (Phi) is 2.98. The fourth-order valence-corrected chi connectivity index (χ4v) is 2.11. The number of carboxylic acid groups (broad SMARTS) is 1. The molecule has 2 heterocycles. The van der Waals surface area contributed by atoms with Gasteiger partial charge in [0.25, 0.3) is 11.8 Å². The molecule has 21 heavy (non-hydrogen) atoms. The van der Waals surface area contributed by atoms with Gasteiger partial charge in [-0.25, -0.2) is 4.79 Å². The molecule has 1 aliphatic heterocycles. The summed E-state index contributed by atoms with van der Waals surface area (Å²) in [7, 11) is 0. The molecule has 1 N–H and O–H groups in total. The van der Waals surface area contributed by atoms with Crippen LogP contribution in [0.1, 0.15) is 36.8 Å². The molecular formula is C15H9N2O4. The summed E-state index contributed by atoms with van der Waals surface area (Å²) in [5, 5.41) is 8.93. The number of nitrogens with zero attached hydrogens (tertiary/aromatic N) is 2. The van der Waals surface area contributed by atoms with E-state index >= 15 is 0 Å². The molecular weight excluding hydrogens is 272 g/mol. The van der Waals surface area contributed by atoms with Crippen LogP contribution >= 0.6 is 0 Å². The van der Waals surface area contributed by atoms with E-state index in [9.17, 15) is 14.4 Å². The third-order valence-corrected chi connectivity index (χ3v) is 3.11. The molecule has 0 fully saturated rings. The highest BCUT2D eigenvalue weighted by atomic mass is 16.4. The summed E-state index contributed by atoms with van der Waals surface area (Å²) in [5.41, 5.74) is 0.915. The van der Waals surface area contributed by atoms with Gasteiger partial charge >= 0.3 is 5.97 Å². The smallest absolute Gasteiger partial charge is 0.335 e. The first-order chi connectivity index (χ1) is 10.1. The Morgan fingerprint density at radius 1 is 1.10 bits per heavy atom. The van der Waals surface area contributed by atoms with E-state index in [4.69, 9.17) is 5.11 Å². The molecule has 1 aromatic carbocycles. The van der Waals surface area contributed by atoms with Gasteiger partial charge in [0.1, 0.15) is 6.54 Å². The van der Waals surface area contributed by atoms with Gasteiger partial charge < -0.3 is 5.11 Å². The van der Waals surface area contributed by atoms with E-state index in [0.29, 0.717) is 11.1 Å². The minimum absolute atomic E-state index is 0.0351. The summed E-state index contributed by atoms with van der Waals surface area (Å²) < 4.78 is 0. The lowest BCUT2D eigenvalue weighted by Gasteiger charge is -2.12. The van der Waals surface area contributed by atoms with Crippen LogP contribution in [0.25, 0.3) is 0 Å². The topological polar surface area (TPSA) is 87.6 Å². The number of carbonyl (C=O) groups excluding carboxylic acids is 2. The minimum atomic E-state index is -1.10. The number of carbonyl (C=O) groups is 3. The second kappa shape index (κ2) is 4.82. The molecule has 0 spiro atoms. The van der Waals surface area contributed by atoms with E-state index in [1.165, 1.54) is 24.9 Å². The summed E-state index contributed by atoms with van der Waals surface area (Å²) in [5.74, 6) is -1.99. The molecule has 2 aromatic rings. The number of rotatable bonds is 3. The van der Waals surface area contributed by atoms with Crippen molar-refractivity contribution in [2.75, 3.05) is 0 Å². The number of imide groups is 1. The van der Waals surface area contributed by atoms with Crippen molar-refractivity contribution in [1.82, 2.24) is 9.88 Å². The van der Waals surface area contributed by atoms with E-state index in [1.807, 2.05) is 0 Å². The third-order valence-electron chi connectivity index (χ3n) is 3.11. The van der Waals surface area contributed by atoms with Crippen molar-refractivity contribution in [2.45, 2.75) is 0 Å². The van der Waals surface area contributed by atoms with Gasteiger partial charge in [0, 0.05) is 6.20 Å². The maximum Gasteiger partial charge on any atom is 0.335 e. The van der Waals surface area contributed by atoms with Crippen molar-refractivity contribution >= 4 is 17.8 Å². The molecule has 1 aliphatic rings. The van der Waals surface area contributed by atoms with Gasteiger partial charge in [-0.3, -0.25) is 19.5 Å². The number of aromatic carboxylic acids is 1. The summed E-state index contributed by atoms with van der Waals surface area (Å²) >= 11 is 0. The van der Waals surface area contributed by atoms with Crippen molar-refractivity contribution in [3.63, 3.8) is 0 Å². The van der Waals surface area contributed by atoms with Gasteiger partial charge in [-0.15, -0.1) is 0 Å². The third kappa shape index (κ3) is 2.16. The molecule has 2 amide bonds. The Morgan fingerprint density at radius 3 is 2.29 bits per heavy atom. The molecule has 6 nitrogen and oxygen atoms in total. The van der Waals surface area contributed by atoms with Crippen molar-refractivity contribution in [1.29, 1.82) is 0 Å². The van der Waals surface area contributed by atoms with E-state index in [0.717, 1.165) is 4.90 Å². The molecule has 0 saturated carbocycles. The number of hydrogen-bond donors (Lipinski definition) is 1. The lowest BCUT2D eigenvalue weighted by Crippen LogP contribution is -2.27. The Morgan fingerprint density at radius 2 is 1.71 bits per heavy atom. The fraction of sp³-hybridized carbons (Fsp3) is 0. The van der Waals surface area contributed by atoms with Crippen LogP contribution in [-0.4, -0.2) is 32.8 Å². The van der Waals surface area contributed by atoms with Gasteiger partial charge in [-0.1, -0.05) is 12.1 Å². The fourth-order valence-electron chi connectivity index (χ4n) is 2.11. The Hall–Kier alpha value is -3.02. The van der Waals surface area contributed by atoms with Crippen LogP contribution < -0.4 is 0 Å². The number of hydrogen-bond acceptors (Lipinski definition) is 4. The lowest BCUT2D eigenvalue weighted by molar-refractivity contribution is 0.0689. The van der Waals surface area contributed by atoms with Crippen LogP contribution in [-0.2, 0) is 0 Å². The van der Waals surface area contributed by atoms with Crippen LogP contribution in [0.4, 0.5) is 0 Å². The number of pyridine rings is 1. The number of amides is 2. The second-order valence-corrected chi connectivity index (χ2v) is 4.43. The largest absolute Gasteiger partial charge is 0.478 e. The molecule has 0 bridgehead atoms. The number of fused-ring (bicyclic) bond motifs is 1. The molecule has 103 valence electrons. The molecule has 1 radical (unpaired) electrons. The zero-order chi connectivity index (χ0) is 15.0. The maximum atomic E-state index is 12.2. The van der Waals surface area contributed by atoms with E-state index in [-0.39, 0.29) is 11.3 Å². The number of carboxylic acids is 1. The van der Waals surface area contributed by atoms with Crippen LogP contribution in [0.2, 0.25) is 0 Å². The van der Waals surface area contributed by atoms with Gasteiger partial charge in [-0.2, -0.15) is 0 Å². The quantitative estimate of drug-likeness (QED) is 0.863. The summed E-state index contributed by atoms with van der Waals surface area (Å²) in [4.78, 5) is 40.1. The molecule has 0 unspecified atom stereocenters. The molecule has 0 saturated heterocycles. The SMILES string of the molecule is O=C(O)c1ccnc([CH]N2C(=O)c3ccccc3C2=O)c1. The van der Waals surface area contributed by atoms with Crippen molar-refractivity contribution in [3.8, 4) is 0 Å². The van der Waals surface area contributed by atoms with Crippen LogP contribution in [0.3, 0.4) is 0 Å². The first kappa shape index (κ1) is 13.0. The highest BCUT2D eigenvalue weighted by molar-refractivity contribution is 6.22. The first-order valence-electron chi connectivity index (χ1n) is 6.09. The first-order valence-corrected chi connectivity index (χ1v) is 6.09. The summed E-state index contributed by atoms with van der Waals surface area (Å²) in [6, 6.07) is 9.14. The second-order valence-electron chi connectivity index (χ2n) is 4.43. The van der Waals surface area contributed by atoms with Gasteiger partial charge in [0.2, 0.25) is 0 Å². The molecule has 6 heteroatoms. The monoisotopic (exact) mass is 281 g/mol. The van der Waals surface area contributed by atoms with Crippen molar-refractivity contribution in [2.24, 2.45) is 0 Å². The van der Waals surface area contributed by atoms with Crippen molar-refractivity contribution in [3.05, 3.63) is 71.5 Å². The highest BCUT2D eigenvalue weighted by Crippen LogP contribution is 2.24. The molecule has 1 aromatic heterocycles. The minimum Gasteiger partial charge on any atom is -0.478 e. The van der Waals surface area contributed by atoms with Crippen molar-refractivity contribution < 1.29 is 19.5 Å².